The van der Waals surface area contributed by atoms with Crippen molar-refractivity contribution in [3.05, 3.63) is 17.7 Å². The molecule has 1 saturated heterocycles. The van der Waals surface area contributed by atoms with Gasteiger partial charge in [-0.15, -0.1) is 0 Å². The fraction of sp³-hybridized carbons (Fsp3) is 0.500. The zero-order valence-electron chi connectivity index (χ0n) is 10.5. The summed E-state index contributed by atoms with van der Waals surface area (Å²) in [5.41, 5.74) is -0.463. The Morgan fingerprint density at radius 2 is 1.65 bits per heavy atom. The van der Waals surface area contributed by atoms with E-state index >= 15 is 0 Å². The van der Waals surface area contributed by atoms with Crippen molar-refractivity contribution < 1.29 is 28.5 Å². The van der Waals surface area contributed by atoms with Crippen LogP contribution in [0.15, 0.2) is 12.1 Å². The van der Waals surface area contributed by atoms with Crippen molar-refractivity contribution in [1.82, 2.24) is 10.2 Å². The third-order valence-corrected chi connectivity index (χ3v) is 3.28. The second-order valence-corrected chi connectivity index (χ2v) is 4.60. The smallest absolute Gasteiger partial charge is 0.408 e. The molecule has 0 bridgehead atoms. The first-order chi connectivity index (χ1) is 9.32. The molecule has 0 aromatic heterocycles. The van der Waals surface area contributed by atoms with Gasteiger partial charge in [-0.3, -0.25) is 4.90 Å². The van der Waals surface area contributed by atoms with Crippen molar-refractivity contribution >= 4 is 0 Å². The van der Waals surface area contributed by atoms with E-state index < -0.39 is 35.0 Å². The lowest BCUT2D eigenvalue weighted by Crippen LogP contribution is -2.49. The molecular weight excluding hydrogens is 277 g/mol. The minimum atomic E-state index is -4.60. The molecule has 1 aliphatic rings. The molecule has 112 valence electrons. The van der Waals surface area contributed by atoms with Gasteiger partial charge in [0.05, 0.1) is 0 Å². The molecular formula is C12H15F3N2O3. The number of piperazine rings is 1. The summed E-state index contributed by atoms with van der Waals surface area (Å²) in [7, 11) is 0. The second-order valence-electron chi connectivity index (χ2n) is 4.60. The molecule has 1 aromatic rings. The molecule has 0 aliphatic carbocycles. The minimum Gasteiger partial charge on any atom is -0.504 e. The molecule has 4 N–H and O–H groups in total. The molecule has 8 heteroatoms. The Hall–Kier alpha value is -1.67. The van der Waals surface area contributed by atoms with Gasteiger partial charge in [0.2, 0.25) is 5.75 Å². The van der Waals surface area contributed by atoms with Crippen LogP contribution in [0.3, 0.4) is 0 Å². The van der Waals surface area contributed by atoms with Gasteiger partial charge < -0.3 is 20.6 Å². The molecule has 1 aliphatic heterocycles. The maximum atomic E-state index is 13.3. The van der Waals surface area contributed by atoms with Crippen LogP contribution in [0, 0.1) is 0 Å². The Morgan fingerprint density at radius 3 is 2.20 bits per heavy atom. The van der Waals surface area contributed by atoms with Crippen molar-refractivity contribution in [2.24, 2.45) is 0 Å². The van der Waals surface area contributed by atoms with Gasteiger partial charge in [0.15, 0.2) is 11.5 Å². The third kappa shape index (κ3) is 2.75. The Kier molecular flexibility index (Phi) is 3.96. The summed E-state index contributed by atoms with van der Waals surface area (Å²) < 4.78 is 39.9. The monoisotopic (exact) mass is 292 g/mol. The number of nitrogens with zero attached hydrogens (tertiary/aromatic N) is 1. The lowest BCUT2D eigenvalue weighted by molar-refractivity contribution is -0.188. The van der Waals surface area contributed by atoms with E-state index in [0.717, 1.165) is 12.1 Å². The molecule has 20 heavy (non-hydrogen) atoms. The Morgan fingerprint density at radius 1 is 1.05 bits per heavy atom. The van der Waals surface area contributed by atoms with Crippen LogP contribution in [0.5, 0.6) is 17.2 Å². The number of hydrogen-bond donors (Lipinski definition) is 4. The molecule has 0 unspecified atom stereocenters. The number of aromatic hydroxyl groups is 3. The summed E-state index contributed by atoms with van der Waals surface area (Å²) >= 11 is 0. The van der Waals surface area contributed by atoms with E-state index in [-0.39, 0.29) is 13.1 Å². The molecule has 0 saturated carbocycles. The number of phenols is 3. The van der Waals surface area contributed by atoms with Crippen LogP contribution in [0.25, 0.3) is 0 Å². The number of phenolic OH excluding ortho intramolecular Hbond substituents is 3. The van der Waals surface area contributed by atoms with Gasteiger partial charge >= 0.3 is 6.18 Å². The summed E-state index contributed by atoms with van der Waals surface area (Å²) in [6, 6.07) is -0.105. The SMILES string of the molecule is Oc1ccc([C@H](N2CCNCC2)C(F)(F)F)c(O)c1O. The number of alkyl halides is 3. The quantitative estimate of drug-likeness (QED) is 0.618. The topological polar surface area (TPSA) is 76.0 Å². The second kappa shape index (κ2) is 5.37. The van der Waals surface area contributed by atoms with Crippen molar-refractivity contribution in [2.75, 3.05) is 26.2 Å². The van der Waals surface area contributed by atoms with Crippen molar-refractivity contribution in [3.63, 3.8) is 0 Å². The maximum Gasteiger partial charge on any atom is 0.408 e. The molecule has 0 spiro atoms. The molecule has 0 amide bonds. The molecule has 5 nitrogen and oxygen atoms in total. The largest absolute Gasteiger partial charge is 0.504 e. The number of rotatable bonds is 2. The van der Waals surface area contributed by atoms with Crippen LogP contribution in [0.1, 0.15) is 11.6 Å². The minimum absolute atomic E-state index is 0.172. The Bertz CT molecular complexity index is 488. The van der Waals surface area contributed by atoms with E-state index in [1.165, 1.54) is 4.90 Å². The fourth-order valence-corrected chi connectivity index (χ4v) is 2.33. The Labute approximate surface area is 113 Å². The van der Waals surface area contributed by atoms with Gasteiger partial charge in [-0.25, -0.2) is 0 Å². The molecule has 1 atom stereocenters. The van der Waals surface area contributed by atoms with Crippen molar-refractivity contribution in [1.29, 1.82) is 0 Å². The standard InChI is InChI=1S/C12H15F3N2O3/c13-12(14,15)11(17-5-3-16-4-6-17)7-1-2-8(18)10(20)9(7)19/h1-2,11,16,18-20H,3-6H2/t11-/m0/s1. The summed E-state index contributed by atoms with van der Waals surface area (Å²) in [4.78, 5) is 1.18. The highest BCUT2D eigenvalue weighted by atomic mass is 19.4. The first kappa shape index (κ1) is 14.7. The van der Waals surface area contributed by atoms with Crippen molar-refractivity contribution in [2.45, 2.75) is 12.2 Å². The number of nitrogens with one attached hydrogen (secondary N) is 1. The maximum absolute atomic E-state index is 13.3. The van der Waals surface area contributed by atoms with E-state index in [0.29, 0.717) is 13.1 Å². The molecule has 2 rings (SSSR count). The van der Waals surface area contributed by atoms with Crippen LogP contribution in [-0.2, 0) is 0 Å². The number of benzene rings is 1. The zero-order chi connectivity index (χ0) is 14.9. The van der Waals surface area contributed by atoms with Crippen LogP contribution in [0.4, 0.5) is 13.2 Å². The average molecular weight is 292 g/mol. The van der Waals surface area contributed by atoms with Gasteiger partial charge in [-0.05, 0) is 12.1 Å². The fourth-order valence-electron chi connectivity index (χ4n) is 2.33. The molecule has 0 radical (unpaired) electrons. The van der Waals surface area contributed by atoms with E-state index in [1.54, 1.807) is 0 Å². The molecule has 1 fully saturated rings. The summed E-state index contributed by atoms with van der Waals surface area (Å²) in [6.45, 7) is 1.17. The van der Waals surface area contributed by atoms with E-state index in [1.807, 2.05) is 0 Å². The lowest BCUT2D eigenvalue weighted by atomic mass is 10.0. The van der Waals surface area contributed by atoms with Crippen LogP contribution in [0.2, 0.25) is 0 Å². The Balaban J connectivity index is 2.44. The van der Waals surface area contributed by atoms with E-state index in [4.69, 9.17) is 0 Å². The number of hydrogen-bond acceptors (Lipinski definition) is 5. The zero-order valence-corrected chi connectivity index (χ0v) is 10.5. The highest BCUT2D eigenvalue weighted by Crippen LogP contribution is 2.46. The van der Waals surface area contributed by atoms with Crippen LogP contribution in [-0.4, -0.2) is 52.6 Å². The molecule has 1 heterocycles. The van der Waals surface area contributed by atoms with E-state index in [2.05, 4.69) is 5.32 Å². The van der Waals surface area contributed by atoms with Crippen LogP contribution >= 0.6 is 0 Å². The normalized spacial score (nSPS) is 18.9. The number of halogens is 3. The summed E-state index contributed by atoms with van der Waals surface area (Å²) in [5, 5.41) is 31.2. The molecule has 1 aromatic carbocycles. The lowest BCUT2D eigenvalue weighted by Gasteiger charge is -2.36. The highest BCUT2D eigenvalue weighted by Gasteiger charge is 2.46. The van der Waals surface area contributed by atoms with Gasteiger partial charge in [-0.2, -0.15) is 13.2 Å². The summed E-state index contributed by atoms with van der Waals surface area (Å²) in [6.07, 6.45) is -4.60. The predicted molar refractivity (Wildman–Crippen MR) is 64.7 cm³/mol. The highest BCUT2D eigenvalue weighted by molar-refractivity contribution is 5.54. The summed E-state index contributed by atoms with van der Waals surface area (Å²) in [5.74, 6) is -2.54. The van der Waals surface area contributed by atoms with Gasteiger partial charge in [0.1, 0.15) is 6.04 Å². The predicted octanol–water partition coefficient (Wildman–Crippen LogP) is 1.31. The first-order valence-electron chi connectivity index (χ1n) is 6.07. The van der Waals surface area contributed by atoms with Gasteiger partial charge in [0, 0.05) is 31.7 Å². The van der Waals surface area contributed by atoms with E-state index in [9.17, 15) is 28.5 Å². The average Bonchev–Trinajstić information content (AvgIpc) is 2.39. The van der Waals surface area contributed by atoms with Gasteiger partial charge in [-0.1, -0.05) is 0 Å². The van der Waals surface area contributed by atoms with Gasteiger partial charge in [0.25, 0.3) is 0 Å². The third-order valence-electron chi connectivity index (χ3n) is 3.28. The van der Waals surface area contributed by atoms with Crippen molar-refractivity contribution in [3.8, 4) is 17.2 Å². The van der Waals surface area contributed by atoms with Crippen LogP contribution < -0.4 is 5.32 Å². The first-order valence-corrected chi connectivity index (χ1v) is 6.07.